The molecule has 0 saturated heterocycles. The Labute approximate surface area is 200 Å². The summed E-state index contributed by atoms with van der Waals surface area (Å²) in [5.74, 6) is 1.61. The van der Waals surface area contributed by atoms with Crippen LogP contribution < -0.4 is 20.9 Å². The van der Waals surface area contributed by atoms with Crippen molar-refractivity contribution in [2.45, 2.75) is 33.7 Å². The molecule has 0 aliphatic rings. The quantitative estimate of drug-likeness (QED) is 0.295. The maximum Gasteiger partial charge on any atom is 0.223 e. The van der Waals surface area contributed by atoms with Crippen LogP contribution in [0.3, 0.4) is 0 Å². The summed E-state index contributed by atoms with van der Waals surface area (Å²) in [6, 6.07) is 14.1. The molecular weight excluding hydrogens is 438 g/mol. The van der Waals surface area contributed by atoms with Crippen LogP contribution in [0.4, 0.5) is 17.5 Å². The number of allylic oxidation sites excluding steroid dienone is 1. The SMILES string of the molecule is CC/C(C)=C/N(Cc1ccc(OC)c(-c2cccc(NOC)c2)c1)c1nc(N)nc(Cl)c1C. The molecule has 0 atom stereocenters. The highest BCUT2D eigenvalue weighted by Gasteiger charge is 2.16. The first kappa shape index (κ1) is 24.4. The average molecular weight is 468 g/mol. The molecule has 0 amide bonds. The number of nitrogens with one attached hydrogen (secondary N) is 1. The third-order valence-electron chi connectivity index (χ3n) is 5.29. The summed E-state index contributed by atoms with van der Waals surface area (Å²) in [5.41, 5.74) is 14.7. The van der Waals surface area contributed by atoms with Crippen LogP contribution in [0.1, 0.15) is 31.4 Å². The molecule has 0 saturated carbocycles. The van der Waals surface area contributed by atoms with Crippen LogP contribution in [0.15, 0.2) is 54.2 Å². The minimum absolute atomic E-state index is 0.144. The topological polar surface area (TPSA) is 85.5 Å². The van der Waals surface area contributed by atoms with Crippen LogP contribution in [-0.4, -0.2) is 24.2 Å². The molecule has 0 spiro atoms. The van der Waals surface area contributed by atoms with E-state index >= 15 is 0 Å². The van der Waals surface area contributed by atoms with Gasteiger partial charge in [0.05, 0.1) is 19.9 Å². The second kappa shape index (κ2) is 11.0. The summed E-state index contributed by atoms with van der Waals surface area (Å²) in [5, 5.41) is 0.350. The molecule has 0 bridgehead atoms. The van der Waals surface area contributed by atoms with Gasteiger partial charge in [0.25, 0.3) is 0 Å². The lowest BCUT2D eigenvalue weighted by Gasteiger charge is -2.24. The van der Waals surface area contributed by atoms with E-state index in [2.05, 4.69) is 46.5 Å². The van der Waals surface area contributed by atoms with E-state index < -0.39 is 0 Å². The summed E-state index contributed by atoms with van der Waals surface area (Å²) >= 11 is 6.31. The van der Waals surface area contributed by atoms with E-state index in [0.29, 0.717) is 17.5 Å². The molecule has 3 aromatic rings. The Morgan fingerprint density at radius 3 is 2.67 bits per heavy atom. The Balaban J connectivity index is 2.06. The minimum Gasteiger partial charge on any atom is -0.496 e. The van der Waals surface area contributed by atoms with Crippen LogP contribution in [-0.2, 0) is 11.4 Å². The van der Waals surface area contributed by atoms with Crippen molar-refractivity contribution in [2.75, 3.05) is 30.3 Å². The second-order valence-electron chi connectivity index (χ2n) is 7.70. The third-order valence-corrected chi connectivity index (χ3v) is 5.66. The predicted molar refractivity (Wildman–Crippen MR) is 135 cm³/mol. The lowest BCUT2D eigenvalue weighted by Crippen LogP contribution is -2.20. The first-order chi connectivity index (χ1) is 15.9. The van der Waals surface area contributed by atoms with Gasteiger partial charge in [-0.2, -0.15) is 4.98 Å². The largest absolute Gasteiger partial charge is 0.496 e. The van der Waals surface area contributed by atoms with Crippen molar-refractivity contribution in [2.24, 2.45) is 0 Å². The number of ether oxygens (including phenoxy) is 1. The van der Waals surface area contributed by atoms with Gasteiger partial charge in [-0.05, 0) is 55.7 Å². The molecule has 1 aromatic heterocycles. The molecule has 0 fully saturated rings. The smallest absolute Gasteiger partial charge is 0.223 e. The Kier molecular flexibility index (Phi) is 8.14. The van der Waals surface area contributed by atoms with Crippen molar-refractivity contribution in [3.8, 4) is 16.9 Å². The Morgan fingerprint density at radius 1 is 1.18 bits per heavy atom. The zero-order chi connectivity index (χ0) is 24.0. The van der Waals surface area contributed by atoms with Crippen molar-refractivity contribution >= 4 is 29.1 Å². The summed E-state index contributed by atoms with van der Waals surface area (Å²) < 4.78 is 5.64. The zero-order valence-corrected chi connectivity index (χ0v) is 20.4. The molecule has 3 N–H and O–H groups in total. The minimum atomic E-state index is 0.144. The van der Waals surface area contributed by atoms with Gasteiger partial charge in [-0.3, -0.25) is 10.3 Å². The lowest BCUT2D eigenvalue weighted by atomic mass is 10.0. The van der Waals surface area contributed by atoms with E-state index in [0.717, 1.165) is 40.1 Å². The van der Waals surface area contributed by atoms with Crippen molar-refractivity contribution in [3.05, 3.63) is 70.5 Å². The van der Waals surface area contributed by atoms with E-state index in [1.165, 1.54) is 5.57 Å². The van der Waals surface area contributed by atoms with Gasteiger partial charge in [-0.25, -0.2) is 4.98 Å². The van der Waals surface area contributed by atoms with Gasteiger partial charge in [0.15, 0.2) is 0 Å². The van der Waals surface area contributed by atoms with Crippen molar-refractivity contribution < 1.29 is 9.57 Å². The maximum atomic E-state index is 6.31. The van der Waals surface area contributed by atoms with Crippen LogP contribution >= 0.6 is 11.6 Å². The van der Waals surface area contributed by atoms with Crippen molar-refractivity contribution in [1.82, 2.24) is 9.97 Å². The molecule has 0 unspecified atom stereocenters. The van der Waals surface area contributed by atoms with Crippen LogP contribution in [0.25, 0.3) is 11.1 Å². The molecule has 0 radical (unpaired) electrons. The van der Waals surface area contributed by atoms with Crippen LogP contribution in [0, 0.1) is 6.92 Å². The number of hydrogen-bond donors (Lipinski definition) is 2. The maximum absolute atomic E-state index is 6.31. The van der Waals surface area contributed by atoms with Crippen molar-refractivity contribution in [1.29, 1.82) is 0 Å². The Bertz CT molecular complexity index is 1150. The van der Waals surface area contributed by atoms with Crippen molar-refractivity contribution in [3.63, 3.8) is 0 Å². The summed E-state index contributed by atoms with van der Waals surface area (Å²) in [6.07, 6.45) is 3.00. The van der Waals surface area contributed by atoms with Gasteiger partial charge in [0.2, 0.25) is 5.95 Å². The average Bonchev–Trinajstić information content (AvgIpc) is 2.81. The fourth-order valence-corrected chi connectivity index (χ4v) is 3.63. The summed E-state index contributed by atoms with van der Waals surface area (Å²) in [6.45, 7) is 6.66. The first-order valence-corrected chi connectivity index (χ1v) is 11.0. The van der Waals surface area contributed by atoms with E-state index in [1.54, 1.807) is 14.2 Å². The standard InChI is InChI=1S/C25H30ClN5O2/c1-6-16(2)14-31(24-17(3)23(26)28-25(27)29-24)15-18-10-11-22(32-4)21(12-18)19-8-7-9-20(13-19)30-33-5/h7-14,30H,6,15H2,1-5H3,(H2,27,28,29)/b16-14+. The van der Waals surface area contributed by atoms with Gasteiger partial charge < -0.3 is 15.4 Å². The molecule has 7 nitrogen and oxygen atoms in total. The molecule has 0 aliphatic heterocycles. The molecular formula is C25H30ClN5O2. The van der Waals surface area contributed by atoms with Gasteiger partial charge in [0, 0.05) is 23.9 Å². The molecule has 2 aromatic carbocycles. The normalized spacial score (nSPS) is 11.4. The molecule has 3 rings (SSSR count). The summed E-state index contributed by atoms with van der Waals surface area (Å²) in [4.78, 5) is 15.7. The predicted octanol–water partition coefficient (Wildman–Crippen LogP) is 5.99. The van der Waals surface area contributed by atoms with E-state index in [-0.39, 0.29) is 5.95 Å². The number of hydrogen-bond acceptors (Lipinski definition) is 7. The Hall–Kier alpha value is -3.29. The number of methoxy groups -OCH3 is 1. The van der Waals surface area contributed by atoms with Gasteiger partial charge in [0.1, 0.15) is 16.7 Å². The number of nitrogens with two attached hydrogens (primary N) is 1. The molecule has 1 heterocycles. The number of anilines is 3. The fraction of sp³-hybridized carbons (Fsp3) is 0.280. The molecule has 8 heteroatoms. The molecule has 33 heavy (non-hydrogen) atoms. The number of benzene rings is 2. The lowest BCUT2D eigenvalue weighted by molar-refractivity contribution is 0.271. The number of halogens is 1. The monoisotopic (exact) mass is 467 g/mol. The number of nitrogens with zero attached hydrogens (tertiary/aromatic N) is 3. The second-order valence-corrected chi connectivity index (χ2v) is 8.06. The van der Waals surface area contributed by atoms with E-state index in [4.69, 9.17) is 26.9 Å². The van der Waals surface area contributed by atoms with Crippen LogP contribution in [0.5, 0.6) is 5.75 Å². The zero-order valence-electron chi connectivity index (χ0n) is 19.6. The summed E-state index contributed by atoms with van der Waals surface area (Å²) in [7, 11) is 3.26. The van der Waals surface area contributed by atoms with Gasteiger partial charge >= 0.3 is 0 Å². The first-order valence-electron chi connectivity index (χ1n) is 10.7. The van der Waals surface area contributed by atoms with E-state index in [9.17, 15) is 0 Å². The van der Waals surface area contributed by atoms with Gasteiger partial charge in [-0.1, -0.05) is 42.3 Å². The fourth-order valence-electron chi connectivity index (χ4n) is 3.46. The molecule has 0 aliphatic carbocycles. The highest BCUT2D eigenvalue weighted by atomic mass is 35.5. The van der Waals surface area contributed by atoms with E-state index in [1.807, 2.05) is 43.3 Å². The number of rotatable bonds is 9. The van der Waals surface area contributed by atoms with Gasteiger partial charge in [-0.15, -0.1) is 0 Å². The Morgan fingerprint density at radius 2 is 1.97 bits per heavy atom. The molecule has 174 valence electrons. The highest BCUT2D eigenvalue weighted by molar-refractivity contribution is 6.30. The van der Waals surface area contributed by atoms with Crippen LogP contribution in [0.2, 0.25) is 5.15 Å². The highest BCUT2D eigenvalue weighted by Crippen LogP contribution is 2.34. The number of aromatic nitrogens is 2. The number of nitrogen functional groups attached to an aromatic ring is 1. The third kappa shape index (κ3) is 5.94.